The van der Waals surface area contributed by atoms with Gasteiger partial charge in [0.1, 0.15) is 5.76 Å². The molecule has 0 aromatic carbocycles. The fraction of sp³-hybridized carbons (Fsp3) is 0.273. The van der Waals surface area contributed by atoms with E-state index in [4.69, 9.17) is 0 Å². The van der Waals surface area contributed by atoms with Crippen LogP contribution in [0.1, 0.15) is 6.92 Å². The standard InChI is InChI=1S/C11H10N6O4/c1-4(18)5-9(20)17-7-6(12-10(17)14-13-5)8(19)16(3)11(21)15(7)2/h18H,1-3H3. The van der Waals surface area contributed by atoms with Crippen molar-refractivity contribution in [3.63, 3.8) is 0 Å². The van der Waals surface area contributed by atoms with Crippen molar-refractivity contribution in [1.29, 1.82) is 0 Å². The third-order valence-electron chi connectivity index (χ3n) is 3.22. The van der Waals surface area contributed by atoms with Gasteiger partial charge in [-0.2, -0.15) is 0 Å². The molecule has 0 unspecified atom stereocenters. The predicted molar refractivity (Wildman–Crippen MR) is 72.0 cm³/mol. The number of aliphatic hydroxyl groups excluding tert-OH is 1. The second kappa shape index (κ2) is 3.98. The van der Waals surface area contributed by atoms with Gasteiger partial charge in [0.2, 0.25) is 0 Å². The molecule has 21 heavy (non-hydrogen) atoms. The molecule has 0 atom stereocenters. The first kappa shape index (κ1) is 13.0. The van der Waals surface area contributed by atoms with E-state index in [1.807, 2.05) is 0 Å². The zero-order valence-corrected chi connectivity index (χ0v) is 11.4. The molecule has 3 aromatic rings. The Morgan fingerprint density at radius 1 is 1.05 bits per heavy atom. The van der Waals surface area contributed by atoms with E-state index in [0.29, 0.717) is 0 Å². The van der Waals surface area contributed by atoms with E-state index in [1.165, 1.54) is 21.0 Å². The van der Waals surface area contributed by atoms with Gasteiger partial charge in [-0.05, 0) is 6.92 Å². The van der Waals surface area contributed by atoms with Crippen LogP contribution in [0.2, 0.25) is 0 Å². The van der Waals surface area contributed by atoms with Gasteiger partial charge in [0.25, 0.3) is 16.9 Å². The Balaban J connectivity index is 2.81. The maximum atomic E-state index is 12.3. The molecule has 1 N–H and O–H groups in total. The van der Waals surface area contributed by atoms with Gasteiger partial charge in [0.05, 0.1) is 0 Å². The van der Waals surface area contributed by atoms with Crippen molar-refractivity contribution in [3.8, 4) is 0 Å². The van der Waals surface area contributed by atoms with E-state index in [1.54, 1.807) is 0 Å². The maximum Gasteiger partial charge on any atom is 0.332 e. The van der Waals surface area contributed by atoms with Crippen LogP contribution >= 0.6 is 0 Å². The van der Waals surface area contributed by atoms with Crippen LogP contribution in [-0.2, 0) is 14.1 Å². The number of hydrogen-bond acceptors (Lipinski definition) is 7. The van der Waals surface area contributed by atoms with Gasteiger partial charge in [-0.15, -0.1) is 10.2 Å². The molecule has 0 saturated heterocycles. The lowest BCUT2D eigenvalue weighted by atomic mass is 10.5. The summed E-state index contributed by atoms with van der Waals surface area (Å²) in [4.78, 5) is 40.3. The van der Waals surface area contributed by atoms with Gasteiger partial charge in [-0.1, -0.05) is 0 Å². The fourth-order valence-electron chi connectivity index (χ4n) is 2.14. The van der Waals surface area contributed by atoms with Crippen LogP contribution in [0.25, 0.3) is 22.7 Å². The Morgan fingerprint density at radius 2 is 1.71 bits per heavy atom. The van der Waals surface area contributed by atoms with E-state index < -0.39 is 16.8 Å². The van der Waals surface area contributed by atoms with E-state index in [9.17, 15) is 19.5 Å². The molecule has 0 bridgehead atoms. The third kappa shape index (κ3) is 1.52. The van der Waals surface area contributed by atoms with Crippen molar-refractivity contribution in [1.82, 2.24) is 28.7 Å². The number of fused-ring (bicyclic) bond motifs is 3. The topological polar surface area (TPSA) is 124 Å². The molecule has 3 heterocycles. The summed E-state index contributed by atoms with van der Waals surface area (Å²) in [5, 5.41) is 16.4. The monoisotopic (exact) mass is 290 g/mol. The molecular weight excluding hydrogens is 280 g/mol. The SMILES string of the molecule is CC(O)=c1nnc2nc3c(=O)n(C)c(=O)n(C)c3n2c1=O. The molecule has 10 nitrogen and oxygen atoms in total. The highest BCUT2D eigenvalue weighted by atomic mass is 16.3. The molecule has 3 rings (SSSR count). The summed E-state index contributed by atoms with van der Waals surface area (Å²) in [6, 6.07) is 0. The van der Waals surface area contributed by atoms with Gasteiger partial charge in [0, 0.05) is 14.1 Å². The number of aryl methyl sites for hydroxylation is 1. The highest BCUT2D eigenvalue weighted by molar-refractivity contribution is 5.74. The molecule has 108 valence electrons. The highest BCUT2D eigenvalue weighted by Crippen LogP contribution is 2.05. The molecule has 0 aliphatic heterocycles. The zero-order valence-electron chi connectivity index (χ0n) is 11.4. The molecule has 3 aromatic heterocycles. The summed E-state index contributed by atoms with van der Waals surface area (Å²) in [7, 11) is 2.72. The first-order valence-corrected chi connectivity index (χ1v) is 5.89. The number of rotatable bonds is 0. The minimum atomic E-state index is -0.703. The average molecular weight is 290 g/mol. The summed E-state index contributed by atoms with van der Waals surface area (Å²) in [5.74, 6) is -0.427. The quantitative estimate of drug-likeness (QED) is 0.483. The molecular formula is C11H10N6O4. The molecule has 10 heteroatoms. The normalized spacial score (nSPS) is 13.1. The van der Waals surface area contributed by atoms with Crippen molar-refractivity contribution in [2.45, 2.75) is 6.92 Å². The van der Waals surface area contributed by atoms with Gasteiger partial charge in [-0.25, -0.2) is 14.2 Å². The number of imidazole rings is 1. The molecule has 0 fully saturated rings. The fourth-order valence-corrected chi connectivity index (χ4v) is 2.14. The van der Waals surface area contributed by atoms with Gasteiger partial charge < -0.3 is 5.11 Å². The minimum absolute atomic E-state index is 0.0144. The van der Waals surface area contributed by atoms with Crippen molar-refractivity contribution >= 4 is 22.7 Å². The zero-order chi connectivity index (χ0) is 15.5. The van der Waals surface area contributed by atoms with E-state index in [0.717, 1.165) is 13.5 Å². The van der Waals surface area contributed by atoms with Crippen LogP contribution in [0.15, 0.2) is 14.4 Å². The van der Waals surface area contributed by atoms with Crippen LogP contribution in [0, 0.1) is 0 Å². The Hall–Kier alpha value is -3.04. The Kier molecular flexibility index (Phi) is 2.46. The highest BCUT2D eigenvalue weighted by Gasteiger charge is 2.18. The molecule has 0 amide bonds. The van der Waals surface area contributed by atoms with Crippen LogP contribution in [-0.4, -0.2) is 33.8 Å². The smallest absolute Gasteiger partial charge is 0.332 e. The molecule has 0 spiro atoms. The van der Waals surface area contributed by atoms with Crippen LogP contribution in [0.5, 0.6) is 0 Å². The number of nitrogens with zero attached hydrogens (tertiary/aromatic N) is 6. The Labute approximate surface area is 115 Å². The lowest BCUT2D eigenvalue weighted by Gasteiger charge is -2.03. The van der Waals surface area contributed by atoms with E-state index >= 15 is 0 Å². The molecule has 0 radical (unpaired) electrons. The Bertz CT molecular complexity index is 1130. The van der Waals surface area contributed by atoms with Gasteiger partial charge >= 0.3 is 5.69 Å². The minimum Gasteiger partial charge on any atom is -0.510 e. The van der Waals surface area contributed by atoms with Crippen LogP contribution < -0.4 is 22.2 Å². The van der Waals surface area contributed by atoms with Crippen molar-refractivity contribution in [3.05, 3.63) is 36.5 Å². The lowest BCUT2D eigenvalue weighted by molar-refractivity contribution is 0.494. The van der Waals surface area contributed by atoms with Crippen molar-refractivity contribution in [2.75, 3.05) is 0 Å². The van der Waals surface area contributed by atoms with Crippen molar-refractivity contribution in [2.24, 2.45) is 14.1 Å². The van der Waals surface area contributed by atoms with Crippen molar-refractivity contribution < 1.29 is 5.11 Å². The first-order valence-electron chi connectivity index (χ1n) is 5.89. The predicted octanol–water partition coefficient (Wildman–Crippen LogP) is -2.56. The second-order valence-corrected chi connectivity index (χ2v) is 4.56. The van der Waals surface area contributed by atoms with Gasteiger partial charge in [0.15, 0.2) is 16.5 Å². The van der Waals surface area contributed by atoms with Crippen LogP contribution in [0.3, 0.4) is 0 Å². The van der Waals surface area contributed by atoms with Gasteiger partial charge in [-0.3, -0.25) is 18.7 Å². The number of aliphatic hydroxyl groups is 1. The molecule has 0 saturated carbocycles. The summed E-state index contributed by atoms with van der Waals surface area (Å²) >= 11 is 0. The average Bonchev–Trinajstić information content (AvgIpc) is 2.83. The summed E-state index contributed by atoms with van der Waals surface area (Å²) in [5.41, 5.74) is -1.99. The Morgan fingerprint density at radius 3 is 2.33 bits per heavy atom. The maximum absolute atomic E-state index is 12.3. The van der Waals surface area contributed by atoms with E-state index in [-0.39, 0.29) is 28.0 Å². The largest absolute Gasteiger partial charge is 0.510 e. The first-order chi connectivity index (χ1) is 9.84. The molecule has 0 aliphatic rings. The summed E-state index contributed by atoms with van der Waals surface area (Å²) < 4.78 is 2.99. The third-order valence-corrected chi connectivity index (χ3v) is 3.22. The number of hydrogen-bond donors (Lipinski definition) is 1. The van der Waals surface area contributed by atoms with E-state index in [2.05, 4.69) is 15.2 Å². The summed E-state index contributed by atoms with van der Waals surface area (Å²) in [6.45, 7) is 1.29. The second-order valence-electron chi connectivity index (χ2n) is 4.56. The van der Waals surface area contributed by atoms with Crippen LogP contribution in [0.4, 0.5) is 0 Å². The molecule has 0 aliphatic carbocycles. The summed E-state index contributed by atoms with van der Waals surface area (Å²) in [6.07, 6.45) is 0. The number of aromatic nitrogens is 6. The lowest BCUT2D eigenvalue weighted by Crippen LogP contribution is -2.40.